The molecule has 0 saturated heterocycles. The first-order valence-corrected chi connectivity index (χ1v) is 8.71. The van der Waals surface area contributed by atoms with Crippen LogP contribution in [-0.2, 0) is 11.3 Å². The third kappa shape index (κ3) is 3.16. The summed E-state index contributed by atoms with van der Waals surface area (Å²) < 4.78 is 5.06. The van der Waals surface area contributed by atoms with Crippen molar-refractivity contribution in [2.75, 3.05) is 20.3 Å². The Bertz CT molecular complexity index is 1020. The molecule has 0 aliphatic heterocycles. The third-order valence-corrected chi connectivity index (χ3v) is 4.81. The molecule has 0 aliphatic carbocycles. The lowest BCUT2D eigenvalue weighted by Crippen LogP contribution is -2.18. The van der Waals surface area contributed by atoms with Crippen molar-refractivity contribution >= 4 is 33.3 Å². The van der Waals surface area contributed by atoms with Crippen LogP contribution in [0.1, 0.15) is 5.56 Å². The van der Waals surface area contributed by atoms with E-state index in [-0.39, 0.29) is 0 Å². The van der Waals surface area contributed by atoms with Crippen LogP contribution in [0.2, 0.25) is 5.02 Å². The second-order valence-corrected chi connectivity index (χ2v) is 6.56. The number of hydrogen-bond acceptors (Lipinski definition) is 2. The van der Waals surface area contributed by atoms with Crippen LogP contribution in [0.3, 0.4) is 0 Å². The van der Waals surface area contributed by atoms with Gasteiger partial charge in [-0.25, -0.2) is 0 Å². The molecule has 2 aromatic carbocycles. The number of H-pyrrole nitrogens is 2. The first-order valence-electron chi connectivity index (χ1n) is 8.33. The predicted molar refractivity (Wildman–Crippen MR) is 104 cm³/mol. The van der Waals surface area contributed by atoms with Gasteiger partial charge in [0.25, 0.3) is 0 Å². The Morgan fingerprint density at radius 2 is 1.96 bits per heavy atom. The summed E-state index contributed by atoms with van der Waals surface area (Å²) in [7, 11) is 1.72. The number of halogens is 1. The van der Waals surface area contributed by atoms with Crippen molar-refractivity contribution < 1.29 is 4.74 Å². The summed E-state index contributed by atoms with van der Waals surface area (Å²) in [5.74, 6) is 0. The van der Waals surface area contributed by atoms with E-state index in [1.165, 1.54) is 10.9 Å². The monoisotopic (exact) mass is 353 g/mol. The van der Waals surface area contributed by atoms with E-state index in [9.17, 15) is 0 Å². The largest absolute Gasteiger partial charge is 0.383 e. The van der Waals surface area contributed by atoms with Gasteiger partial charge < -0.3 is 20.0 Å². The number of aromatic nitrogens is 2. The zero-order valence-electron chi connectivity index (χ0n) is 14.0. The van der Waals surface area contributed by atoms with Crippen LogP contribution in [-0.4, -0.2) is 30.2 Å². The number of benzene rings is 2. The van der Waals surface area contributed by atoms with E-state index in [1.807, 2.05) is 18.5 Å². The first-order chi connectivity index (χ1) is 12.3. The zero-order chi connectivity index (χ0) is 17.2. The van der Waals surface area contributed by atoms with Gasteiger partial charge in [-0.2, -0.15) is 0 Å². The molecule has 4 aromatic rings. The van der Waals surface area contributed by atoms with Gasteiger partial charge in [-0.3, -0.25) is 0 Å². The minimum Gasteiger partial charge on any atom is -0.383 e. The van der Waals surface area contributed by atoms with Crippen molar-refractivity contribution in [3.63, 3.8) is 0 Å². The molecule has 2 aromatic heterocycles. The van der Waals surface area contributed by atoms with Crippen molar-refractivity contribution in [3.05, 3.63) is 59.4 Å². The molecular weight excluding hydrogens is 334 g/mol. The van der Waals surface area contributed by atoms with Gasteiger partial charge in [0, 0.05) is 70.5 Å². The fourth-order valence-electron chi connectivity index (χ4n) is 3.20. The van der Waals surface area contributed by atoms with Crippen LogP contribution in [0.4, 0.5) is 0 Å². The molecule has 0 aliphatic rings. The van der Waals surface area contributed by atoms with Gasteiger partial charge in [0.2, 0.25) is 0 Å². The van der Waals surface area contributed by atoms with Gasteiger partial charge in [0.1, 0.15) is 0 Å². The smallest absolute Gasteiger partial charge is 0.0587 e. The molecular formula is C20H20ClN3O. The van der Waals surface area contributed by atoms with Crippen LogP contribution >= 0.6 is 11.6 Å². The van der Waals surface area contributed by atoms with Crippen LogP contribution in [0.25, 0.3) is 32.9 Å². The van der Waals surface area contributed by atoms with Gasteiger partial charge in [0.15, 0.2) is 0 Å². The Morgan fingerprint density at radius 1 is 1.08 bits per heavy atom. The number of methoxy groups -OCH3 is 1. The van der Waals surface area contributed by atoms with Crippen LogP contribution in [0, 0.1) is 0 Å². The summed E-state index contributed by atoms with van der Waals surface area (Å²) in [4.78, 5) is 6.67. The molecule has 2 heterocycles. The zero-order valence-corrected chi connectivity index (χ0v) is 14.8. The molecule has 0 unspecified atom stereocenters. The van der Waals surface area contributed by atoms with Gasteiger partial charge in [-0.1, -0.05) is 23.7 Å². The lowest BCUT2D eigenvalue weighted by molar-refractivity contribution is 0.199. The average Bonchev–Trinajstić information content (AvgIpc) is 3.26. The van der Waals surface area contributed by atoms with Crippen molar-refractivity contribution in [2.24, 2.45) is 0 Å². The van der Waals surface area contributed by atoms with Gasteiger partial charge in [0.05, 0.1) is 6.61 Å². The van der Waals surface area contributed by atoms with Gasteiger partial charge >= 0.3 is 0 Å². The molecule has 0 fully saturated rings. The number of aromatic amines is 2. The second-order valence-electron chi connectivity index (χ2n) is 6.15. The molecule has 4 nitrogen and oxygen atoms in total. The molecule has 128 valence electrons. The van der Waals surface area contributed by atoms with Crippen LogP contribution in [0.15, 0.2) is 48.8 Å². The fourth-order valence-corrected chi connectivity index (χ4v) is 3.42. The van der Waals surface area contributed by atoms with E-state index in [4.69, 9.17) is 16.3 Å². The number of nitrogens with one attached hydrogen (secondary N) is 3. The lowest BCUT2D eigenvalue weighted by atomic mass is 10.1. The van der Waals surface area contributed by atoms with E-state index in [0.717, 1.165) is 52.3 Å². The van der Waals surface area contributed by atoms with Crippen LogP contribution < -0.4 is 5.32 Å². The molecule has 25 heavy (non-hydrogen) atoms. The Balaban J connectivity index is 1.66. The summed E-state index contributed by atoms with van der Waals surface area (Å²) in [5.41, 5.74) is 4.64. The maximum absolute atomic E-state index is 6.28. The molecule has 3 N–H and O–H groups in total. The van der Waals surface area contributed by atoms with Crippen molar-refractivity contribution in [1.29, 1.82) is 0 Å². The number of fused-ring (bicyclic) bond motifs is 2. The molecule has 0 amide bonds. The summed E-state index contributed by atoms with van der Waals surface area (Å²) in [6, 6.07) is 12.7. The Kier molecular flexibility index (Phi) is 4.49. The summed E-state index contributed by atoms with van der Waals surface area (Å²) in [6.45, 7) is 2.41. The molecule has 0 spiro atoms. The minimum atomic E-state index is 0.722. The highest BCUT2D eigenvalue weighted by Crippen LogP contribution is 2.34. The second kappa shape index (κ2) is 6.92. The van der Waals surface area contributed by atoms with Crippen molar-refractivity contribution in [2.45, 2.75) is 6.54 Å². The molecule has 0 bridgehead atoms. The molecule has 0 atom stereocenters. The highest BCUT2D eigenvalue weighted by molar-refractivity contribution is 6.36. The lowest BCUT2D eigenvalue weighted by Gasteiger charge is -2.04. The van der Waals surface area contributed by atoms with E-state index < -0.39 is 0 Å². The van der Waals surface area contributed by atoms with Gasteiger partial charge in [-0.15, -0.1) is 0 Å². The summed E-state index contributed by atoms with van der Waals surface area (Å²) in [5, 5.41) is 7.52. The SMILES string of the molecule is COCCNCc1ccc2[nH]c(-c3ccc(Cl)c4c[nH]cc34)cc2c1. The summed E-state index contributed by atoms with van der Waals surface area (Å²) >= 11 is 6.28. The quantitative estimate of drug-likeness (QED) is 0.440. The van der Waals surface area contributed by atoms with Gasteiger partial charge in [-0.05, 0) is 29.8 Å². The fraction of sp³-hybridized carbons (Fsp3) is 0.200. The molecule has 4 rings (SSSR count). The van der Waals surface area contributed by atoms with E-state index >= 15 is 0 Å². The number of hydrogen-bond donors (Lipinski definition) is 3. The van der Waals surface area contributed by atoms with Crippen LogP contribution in [0.5, 0.6) is 0 Å². The third-order valence-electron chi connectivity index (χ3n) is 4.48. The molecule has 0 radical (unpaired) electrons. The standard InChI is InChI=1S/C20H20ClN3O/c1-25-7-6-22-10-13-2-5-19-14(8-13)9-20(24-19)15-3-4-18(21)17-12-23-11-16(15)17/h2-5,8-9,11-12,22-24H,6-7,10H2,1H3. The Hall–Kier alpha value is -2.27. The maximum Gasteiger partial charge on any atom is 0.0587 e. The summed E-state index contributed by atoms with van der Waals surface area (Å²) in [6.07, 6.45) is 3.93. The number of rotatable bonds is 6. The predicted octanol–water partition coefficient (Wildman–Crippen LogP) is 4.71. The van der Waals surface area contributed by atoms with E-state index in [1.54, 1.807) is 7.11 Å². The minimum absolute atomic E-state index is 0.722. The topological polar surface area (TPSA) is 52.8 Å². The maximum atomic E-state index is 6.28. The van der Waals surface area contributed by atoms with E-state index in [2.05, 4.69) is 45.6 Å². The Morgan fingerprint density at radius 3 is 2.84 bits per heavy atom. The normalized spacial score (nSPS) is 11.6. The molecule has 0 saturated carbocycles. The van der Waals surface area contributed by atoms with E-state index in [0.29, 0.717) is 0 Å². The molecule has 5 heteroatoms. The van der Waals surface area contributed by atoms with Crippen molar-refractivity contribution in [3.8, 4) is 11.3 Å². The highest BCUT2D eigenvalue weighted by atomic mass is 35.5. The van der Waals surface area contributed by atoms with Crippen molar-refractivity contribution in [1.82, 2.24) is 15.3 Å². The highest BCUT2D eigenvalue weighted by Gasteiger charge is 2.10. The average molecular weight is 354 g/mol. The first kappa shape index (κ1) is 16.2. The number of ether oxygens (including phenoxy) is 1. The Labute approximate surface area is 151 Å².